The first-order chi connectivity index (χ1) is 13.6. The minimum absolute atomic E-state index is 0.0291. The maximum atomic E-state index is 14.8. The van der Waals surface area contributed by atoms with Gasteiger partial charge in [-0.2, -0.15) is 15.0 Å². The number of halogens is 2. The summed E-state index contributed by atoms with van der Waals surface area (Å²) in [5.74, 6) is 0.0905. The predicted octanol–water partition coefficient (Wildman–Crippen LogP) is 1.97. The number of rotatable bonds is 3. The van der Waals surface area contributed by atoms with E-state index in [9.17, 15) is 4.39 Å². The van der Waals surface area contributed by atoms with E-state index in [0.29, 0.717) is 56.9 Å². The van der Waals surface area contributed by atoms with Crippen LogP contribution in [0.5, 0.6) is 11.9 Å². The molecule has 7 rings (SSSR count). The van der Waals surface area contributed by atoms with Gasteiger partial charge in [0.05, 0.1) is 38.6 Å². The second-order valence-corrected chi connectivity index (χ2v) is 8.30. The number of fused-ring (bicyclic) bond motifs is 3. The Balaban J connectivity index is 1.45. The maximum Gasteiger partial charge on any atom is 0.319 e. The summed E-state index contributed by atoms with van der Waals surface area (Å²) >= 11 is 5.99. The summed E-state index contributed by atoms with van der Waals surface area (Å²) in [6.07, 6.45) is 2.32. The highest BCUT2D eigenvalue weighted by Crippen LogP contribution is 2.50. The van der Waals surface area contributed by atoms with Gasteiger partial charge in [0, 0.05) is 12.0 Å². The van der Waals surface area contributed by atoms with Crippen LogP contribution in [0.15, 0.2) is 0 Å². The zero-order valence-electron chi connectivity index (χ0n) is 15.0. The molecule has 0 N–H and O–H groups in total. The highest BCUT2D eigenvalue weighted by Gasteiger charge is 2.52. The molecule has 1 saturated carbocycles. The molecule has 1 aliphatic carbocycles. The summed E-state index contributed by atoms with van der Waals surface area (Å²) in [7, 11) is 0. The van der Waals surface area contributed by atoms with Gasteiger partial charge in [0.15, 0.2) is 11.0 Å². The number of nitrogens with zero attached hydrogens (tertiary/aromatic N) is 4. The van der Waals surface area contributed by atoms with Crippen LogP contribution in [0.1, 0.15) is 12.8 Å². The van der Waals surface area contributed by atoms with Gasteiger partial charge in [0.2, 0.25) is 5.88 Å². The Morgan fingerprint density at radius 2 is 2.14 bits per heavy atom. The SMILES string of the molecule is Fc1c(Cl)nc2c3c(nc(OCC45COC(C4)C5)nc13)N1CCOC[C@H]1CO2. The molecule has 0 aromatic carbocycles. The summed E-state index contributed by atoms with van der Waals surface area (Å²) in [4.78, 5) is 15.1. The average Bonchev–Trinajstić information content (AvgIpc) is 3.25. The van der Waals surface area contributed by atoms with E-state index in [1.807, 2.05) is 0 Å². The van der Waals surface area contributed by atoms with Crippen molar-refractivity contribution in [3.05, 3.63) is 11.0 Å². The third kappa shape index (κ3) is 2.46. The van der Waals surface area contributed by atoms with Gasteiger partial charge in [-0.05, 0) is 12.8 Å². The van der Waals surface area contributed by atoms with Gasteiger partial charge >= 0.3 is 6.01 Å². The zero-order chi connectivity index (χ0) is 18.9. The molecule has 6 heterocycles. The van der Waals surface area contributed by atoms with Gasteiger partial charge in [0.25, 0.3) is 0 Å². The Hall–Kier alpha value is -1.97. The Kier molecular flexibility index (Phi) is 3.64. The van der Waals surface area contributed by atoms with Crippen LogP contribution >= 0.6 is 11.6 Å². The summed E-state index contributed by atoms with van der Waals surface area (Å²) in [5, 5.41) is 0.142. The average molecular weight is 409 g/mol. The van der Waals surface area contributed by atoms with Crippen LogP contribution < -0.4 is 14.4 Å². The van der Waals surface area contributed by atoms with Crippen molar-refractivity contribution in [2.24, 2.45) is 5.41 Å². The lowest BCUT2D eigenvalue weighted by Gasteiger charge is -2.35. The molecule has 3 saturated heterocycles. The normalized spacial score (nSPS) is 30.4. The predicted molar refractivity (Wildman–Crippen MR) is 96.7 cm³/mol. The van der Waals surface area contributed by atoms with Gasteiger partial charge in [-0.1, -0.05) is 11.6 Å². The Labute approximate surface area is 164 Å². The quantitative estimate of drug-likeness (QED) is 0.713. The molecule has 2 aromatic rings. The van der Waals surface area contributed by atoms with Crippen LogP contribution in [-0.2, 0) is 9.47 Å². The molecule has 4 aliphatic heterocycles. The van der Waals surface area contributed by atoms with Crippen LogP contribution in [0.25, 0.3) is 10.9 Å². The third-order valence-electron chi connectivity index (χ3n) is 6.04. The van der Waals surface area contributed by atoms with Gasteiger partial charge in [-0.15, -0.1) is 0 Å². The van der Waals surface area contributed by atoms with Crippen LogP contribution in [0, 0.1) is 11.2 Å². The van der Waals surface area contributed by atoms with E-state index in [0.717, 1.165) is 12.8 Å². The molecular formula is C18H18ClFN4O4. The van der Waals surface area contributed by atoms with Crippen LogP contribution in [0.4, 0.5) is 10.2 Å². The molecule has 5 aliphatic rings. The van der Waals surface area contributed by atoms with Crippen LogP contribution in [0.3, 0.4) is 0 Å². The van der Waals surface area contributed by atoms with E-state index >= 15 is 0 Å². The monoisotopic (exact) mass is 408 g/mol. The smallest absolute Gasteiger partial charge is 0.319 e. The lowest BCUT2D eigenvalue weighted by atomic mass is 9.71. The van der Waals surface area contributed by atoms with E-state index in [1.165, 1.54) is 0 Å². The topological polar surface area (TPSA) is 78.8 Å². The van der Waals surface area contributed by atoms with Crippen molar-refractivity contribution < 1.29 is 23.3 Å². The molecule has 10 heteroatoms. The van der Waals surface area contributed by atoms with Crippen molar-refractivity contribution in [1.82, 2.24) is 15.0 Å². The van der Waals surface area contributed by atoms with Crippen molar-refractivity contribution in [1.29, 1.82) is 0 Å². The molecule has 0 unspecified atom stereocenters. The van der Waals surface area contributed by atoms with E-state index in [-0.39, 0.29) is 34.0 Å². The van der Waals surface area contributed by atoms with Crippen LogP contribution in [-0.4, -0.2) is 66.7 Å². The minimum atomic E-state index is -0.699. The zero-order valence-corrected chi connectivity index (χ0v) is 15.7. The van der Waals surface area contributed by atoms with Gasteiger partial charge in [0.1, 0.15) is 23.3 Å². The molecule has 1 atom stereocenters. The Bertz CT molecular complexity index is 965. The first-order valence-electron chi connectivity index (χ1n) is 9.40. The van der Waals surface area contributed by atoms with E-state index in [2.05, 4.69) is 19.9 Å². The highest BCUT2D eigenvalue weighted by molar-refractivity contribution is 6.30. The number of morpholine rings is 1. The van der Waals surface area contributed by atoms with E-state index in [4.69, 9.17) is 30.5 Å². The number of hydrogen-bond donors (Lipinski definition) is 0. The Morgan fingerprint density at radius 3 is 2.96 bits per heavy atom. The first kappa shape index (κ1) is 16.9. The molecular weight excluding hydrogens is 391 g/mol. The van der Waals surface area contributed by atoms with E-state index in [1.54, 1.807) is 0 Å². The van der Waals surface area contributed by atoms with Gasteiger partial charge < -0.3 is 23.8 Å². The van der Waals surface area contributed by atoms with Gasteiger partial charge in [-0.3, -0.25) is 0 Å². The standard InChI is InChI=1S/C18H18ClFN4O4/c19-14-12(20)13-11-15(24-1-2-25-5-9(24)6-26-16(11)22-14)23-17(21-13)28-8-18-3-10(4-18)27-7-18/h9-10H,1-8H2/t9-,10?,18?/m0/s1. The molecule has 0 spiro atoms. The minimum Gasteiger partial charge on any atom is -0.475 e. The summed E-state index contributed by atoms with van der Waals surface area (Å²) in [5.41, 5.74) is 0.0928. The number of hydrogen-bond acceptors (Lipinski definition) is 8. The molecule has 0 radical (unpaired) electrons. The number of aromatic nitrogens is 3. The number of ether oxygens (including phenoxy) is 4. The largest absolute Gasteiger partial charge is 0.475 e. The fourth-order valence-electron chi connectivity index (χ4n) is 4.51. The number of anilines is 1. The molecule has 4 fully saturated rings. The lowest BCUT2D eigenvalue weighted by molar-refractivity contribution is 0.0760. The summed E-state index contributed by atoms with van der Waals surface area (Å²) in [6, 6.07) is 0.0800. The van der Waals surface area contributed by atoms with Gasteiger partial charge in [-0.25, -0.2) is 4.39 Å². The Morgan fingerprint density at radius 1 is 1.25 bits per heavy atom. The van der Waals surface area contributed by atoms with Crippen molar-refractivity contribution in [3.8, 4) is 11.9 Å². The fraction of sp³-hybridized carbons (Fsp3) is 0.611. The second-order valence-electron chi connectivity index (χ2n) is 7.94. The highest BCUT2D eigenvalue weighted by atomic mass is 35.5. The first-order valence-corrected chi connectivity index (χ1v) is 9.78. The molecule has 148 valence electrons. The van der Waals surface area contributed by atoms with Crippen molar-refractivity contribution in [3.63, 3.8) is 0 Å². The third-order valence-corrected chi connectivity index (χ3v) is 6.29. The van der Waals surface area contributed by atoms with Crippen molar-refractivity contribution in [2.75, 3.05) is 44.5 Å². The molecule has 28 heavy (non-hydrogen) atoms. The lowest BCUT2D eigenvalue weighted by Crippen LogP contribution is -2.48. The van der Waals surface area contributed by atoms with Crippen molar-refractivity contribution in [2.45, 2.75) is 25.0 Å². The summed E-state index contributed by atoms with van der Waals surface area (Å²) in [6.45, 7) is 3.14. The van der Waals surface area contributed by atoms with E-state index < -0.39 is 5.82 Å². The molecule has 2 bridgehead atoms. The molecule has 8 nitrogen and oxygen atoms in total. The molecule has 0 amide bonds. The number of pyridine rings is 1. The van der Waals surface area contributed by atoms with Crippen molar-refractivity contribution >= 4 is 28.3 Å². The molecule has 2 aromatic heterocycles. The fourth-order valence-corrected chi connectivity index (χ4v) is 4.68. The van der Waals surface area contributed by atoms with Crippen LogP contribution in [0.2, 0.25) is 5.15 Å². The second kappa shape index (κ2) is 6.01. The maximum absolute atomic E-state index is 14.8. The summed E-state index contributed by atoms with van der Waals surface area (Å²) < 4.78 is 37.8.